The molecule has 1 atom stereocenters. The molecule has 3 nitrogen and oxygen atoms in total. The monoisotopic (exact) mass is 227 g/mol. The quantitative estimate of drug-likeness (QED) is 0.446. The number of pyridine rings is 1. The molecule has 0 aromatic carbocycles. The molecule has 0 radical (unpaired) electrons. The molecule has 1 aromatic heterocycles. The zero-order valence-electron chi connectivity index (χ0n) is 9.04. The minimum atomic E-state index is 0.132. The second-order valence-electron chi connectivity index (χ2n) is 3.61. The second-order valence-corrected chi connectivity index (χ2v) is 4.02. The first-order chi connectivity index (χ1) is 7.29. The van der Waals surface area contributed by atoms with Crippen molar-refractivity contribution in [3.05, 3.63) is 29.0 Å². The van der Waals surface area contributed by atoms with Gasteiger partial charge < -0.3 is 0 Å². The molecule has 0 bridgehead atoms. The highest BCUT2D eigenvalue weighted by atomic mass is 35.5. The third kappa shape index (κ3) is 3.78. The lowest BCUT2D eigenvalue weighted by molar-refractivity contribution is 0.486. The van der Waals surface area contributed by atoms with Gasteiger partial charge in [0.2, 0.25) is 0 Å². The Bertz CT molecular complexity index is 291. The minimum absolute atomic E-state index is 0.132. The molecule has 1 rings (SSSR count). The van der Waals surface area contributed by atoms with Crippen LogP contribution in [0.25, 0.3) is 0 Å². The number of unbranched alkanes of at least 4 members (excludes halogenated alkanes) is 2. The Morgan fingerprint density at radius 3 is 2.93 bits per heavy atom. The highest BCUT2D eigenvalue weighted by Gasteiger charge is 2.12. The summed E-state index contributed by atoms with van der Waals surface area (Å²) in [5.74, 6) is 5.53. The highest BCUT2D eigenvalue weighted by Crippen LogP contribution is 2.25. The first-order valence-corrected chi connectivity index (χ1v) is 5.73. The normalized spacial score (nSPS) is 12.7. The molecule has 1 heterocycles. The van der Waals surface area contributed by atoms with Crippen LogP contribution in [0.15, 0.2) is 18.5 Å². The zero-order chi connectivity index (χ0) is 11.1. The van der Waals surface area contributed by atoms with Gasteiger partial charge in [-0.15, -0.1) is 0 Å². The van der Waals surface area contributed by atoms with Crippen molar-refractivity contribution < 1.29 is 0 Å². The number of hydrazine groups is 1. The number of aromatic nitrogens is 1. The molecule has 84 valence electrons. The molecule has 0 fully saturated rings. The van der Waals surface area contributed by atoms with Gasteiger partial charge in [0.05, 0.1) is 5.02 Å². The molecule has 1 aromatic rings. The van der Waals surface area contributed by atoms with Crippen LogP contribution >= 0.6 is 11.6 Å². The lowest BCUT2D eigenvalue weighted by Gasteiger charge is -2.16. The predicted molar refractivity (Wildman–Crippen MR) is 63.5 cm³/mol. The van der Waals surface area contributed by atoms with E-state index in [9.17, 15) is 0 Å². The molecular formula is C11H18ClN3. The molecule has 4 heteroatoms. The number of rotatable bonds is 6. The standard InChI is InChI=1S/C11H18ClN3/c1-2-3-4-5-11(15-13)9-6-7-14-8-10(9)12/h6-8,11,15H,2-5,13H2,1H3. The number of hydrogen-bond donors (Lipinski definition) is 2. The van der Waals surface area contributed by atoms with Crippen molar-refractivity contribution in [3.63, 3.8) is 0 Å². The van der Waals surface area contributed by atoms with Gasteiger partial charge in [0, 0.05) is 18.4 Å². The van der Waals surface area contributed by atoms with Crippen LogP contribution in [0.1, 0.15) is 44.2 Å². The maximum Gasteiger partial charge on any atom is 0.0637 e. The number of hydrogen-bond acceptors (Lipinski definition) is 3. The molecule has 0 spiro atoms. The Labute approximate surface area is 96.0 Å². The molecule has 0 aliphatic rings. The second kappa shape index (κ2) is 6.77. The maximum atomic E-state index is 6.05. The third-order valence-electron chi connectivity index (χ3n) is 2.48. The van der Waals surface area contributed by atoms with Gasteiger partial charge in [0.25, 0.3) is 0 Å². The fourth-order valence-corrected chi connectivity index (χ4v) is 1.85. The first-order valence-electron chi connectivity index (χ1n) is 5.35. The fraction of sp³-hybridized carbons (Fsp3) is 0.545. The number of nitrogens with one attached hydrogen (secondary N) is 1. The molecule has 15 heavy (non-hydrogen) atoms. The summed E-state index contributed by atoms with van der Waals surface area (Å²) < 4.78 is 0. The molecular weight excluding hydrogens is 210 g/mol. The third-order valence-corrected chi connectivity index (χ3v) is 2.79. The number of nitrogens with zero attached hydrogens (tertiary/aromatic N) is 1. The molecule has 0 saturated heterocycles. The zero-order valence-corrected chi connectivity index (χ0v) is 9.80. The summed E-state index contributed by atoms with van der Waals surface area (Å²) in [6.45, 7) is 2.18. The summed E-state index contributed by atoms with van der Waals surface area (Å²) in [5.41, 5.74) is 3.84. The van der Waals surface area contributed by atoms with Gasteiger partial charge in [-0.3, -0.25) is 16.3 Å². The summed E-state index contributed by atoms with van der Waals surface area (Å²) in [6.07, 6.45) is 7.99. The average Bonchev–Trinajstić information content (AvgIpc) is 2.26. The van der Waals surface area contributed by atoms with Crippen LogP contribution in [0.4, 0.5) is 0 Å². The summed E-state index contributed by atoms with van der Waals surface area (Å²) in [6, 6.07) is 2.05. The number of halogens is 1. The molecule has 0 aliphatic heterocycles. The van der Waals surface area contributed by atoms with Crippen LogP contribution in [0.5, 0.6) is 0 Å². The Balaban J connectivity index is 2.61. The molecule has 0 aliphatic carbocycles. The van der Waals surface area contributed by atoms with E-state index in [2.05, 4.69) is 17.3 Å². The van der Waals surface area contributed by atoms with Gasteiger partial charge >= 0.3 is 0 Å². The Morgan fingerprint density at radius 1 is 1.53 bits per heavy atom. The van der Waals surface area contributed by atoms with E-state index in [-0.39, 0.29) is 6.04 Å². The summed E-state index contributed by atoms with van der Waals surface area (Å²) in [4.78, 5) is 3.96. The van der Waals surface area contributed by atoms with Gasteiger partial charge in [0.1, 0.15) is 0 Å². The lowest BCUT2D eigenvalue weighted by atomic mass is 10.0. The van der Waals surface area contributed by atoms with Gasteiger partial charge in [-0.25, -0.2) is 0 Å². The van der Waals surface area contributed by atoms with Gasteiger partial charge in [0.15, 0.2) is 0 Å². The van der Waals surface area contributed by atoms with Crippen molar-refractivity contribution in [3.8, 4) is 0 Å². The topological polar surface area (TPSA) is 50.9 Å². The summed E-state index contributed by atoms with van der Waals surface area (Å²) >= 11 is 6.05. The fourth-order valence-electron chi connectivity index (χ4n) is 1.60. The first kappa shape index (κ1) is 12.4. The number of nitrogens with two attached hydrogens (primary N) is 1. The van der Waals surface area contributed by atoms with E-state index < -0.39 is 0 Å². The predicted octanol–water partition coefficient (Wildman–Crippen LogP) is 2.82. The van der Waals surface area contributed by atoms with Crippen molar-refractivity contribution >= 4 is 11.6 Å². The van der Waals surface area contributed by atoms with Gasteiger partial charge in [-0.1, -0.05) is 37.8 Å². The van der Waals surface area contributed by atoms with Crippen LogP contribution in [-0.4, -0.2) is 4.98 Å². The van der Waals surface area contributed by atoms with Crippen molar-refractivity contribution in [2.75, 3.05) is 0 Å². The lowest BCUT2D eigenvalue weighted by Crippen LogP contribution is -2.28. The van der Waals surface area contributed by atoms with E-state index in [4.69, 9.17) is 17.4 Å². The van der Waals surface area contributed by atoms with Gasteiger partial charge in [-0.05, 0) is 18.1 Å². The van der Waals surface area contributed by atoms with E-state index in [1.807, 2.05) is 6.07 Å². The molecule has 0 amide bonds. The Kier molecular flexibility index (Phi) is 5.61. The van der Waals surface area contributed by atoms with Crippen molar-refractivity contribution in [2.24, 2.45) is 5.84 Å². The SMILES string of the molecule is CCCCCC(NN)c1ccncc1Cl. The van der Waals surface area contributed by atoms with Crippen LogP contribution in [0, 0.1) is 0 Å². The van der Waals surface area contributed by atoms with E-state index in [0.717, 1.165) is 18.4 Å². The minimum Gasteiger partial charge on any atom is -0.271 e. The molecule has 0 saturated carbocycles. The van der Waals surface area contributed by atoms with Crippen LogP contribution in [0.3, 0.4) is 0 Å². The molecule has 1 unspecified atom stereocenters. The van der Waals surface area contributed by atoms with Gasteiger partial charge in [-0.2, -0.15) is 0 Å². The van der Waals surface area contributed by atoms with E-state index in [1.54, 1.807) is 12.4 Å². The maximum absolute atomic E-state index is 6.05. The van der Waals surface area contributed by atoms with Crippen molar-refractivity contribution in [2.45, 2.75) is 38.6 Å². The van der Waals surface area contributed by atoms with E-state index >= 15 is 0 Å². The van der Waals surface area contributed by atoms with E-state index in [1.165, 1.54) is 12.8 Å². The van der Waals surface area contributed by atoms with Crippen LogP contribution in [-0.2, 0) is 0 Å². The van der Waals surface area contributed by atoms with Crippen molar-refractivity contribution in [1.82, 2.24) is 10.4 Å². The summed E-state index contributed by atoms with van der Waals surface area (Å²) in [7, 11) is 0. The molecule has 3 N–H and O–H groups in total. The smallest absolute Gasteiger partial charge is 0.0637 e. The van der Waals surface area contributed by atoms with Crippen LogP contribution in [0.2, 0.25) is 5.02 Å². The van der Waals surface area contributed by atoms with Crippen molar-refractivity contribution in [1.29, 1.82) is 0 Å². The van der Waals surface area contributed by atoms with E-state index in [0.29, 0.717) is 5.02 Å². The Hall–Kier alpha value is -0.640. The van der Waals surface area contributed by atoms with Crippen LogP contribution < -0.4 is 11.3 Å². The Morgan fingerprint density at radius 2 is 2.33 bits per heavy atom. The highest BCUT2D eigenvalue weighted by molar-refractivity contribution is 6.31. The largest absolute Gasteiger partial charge is 0.271 e. The average molecular weight is 228 g/mol. The summed E-state index contributed by atoms with van der Waals surface area (Å²) in [5, 5.41) is 0.678.